The van der Waals surface area contributed by atoms with Gasteiger partial charge in [0.2, 0.25) is 5.91 Å². The van der Waals surface area contributed by atoms with Gasteiger partial charge in [0.05, 0.1) is 6.42 Å². The third-order valence-corrected chi connectivity index (χ3v) is 6.04. The molecule has 12 N–H and O–H groups in total. The maximum atomic E-state index is 13.0. The zero-order valence-electron chi connectivity index (χ0n) is 22.0. The van der Waals surface area contributed by atoms with Crippen molar-refractivity contribution in [2.75, 3.05) is 13.1 Å². The smallest absolute Gasteiger partial charge is 0.305 e. The lowest BCUT2D eigenvalue weighted by Crippen LogP contribution is -2.47. The third kappa shape index (κ3) is 10.4. The second-order valence-electron chi connectivity index (χ2n) is 9.11. The van der Waals surface area contributed by atoms with Crippen LogP contribution in [0.25, 0.3) is 0 Å². The monoisotopic (exact) mass is 541 g/mol. The first-order chi connectivity index (χ1) is 18.7. The van der Waals surface area contributed by atoms with Gasteiger partial charge in [0.1, 0.15) is 6.04 Å². The van der Waals surface area contributed by atoms with Crippen LogP contribution < -0.4 is 38.9 Å². The van der Waals surface area contributed by atoms with Gasteiger partial charge < -0.3 is 44.0 Å². The molecule has 2 aromatic rings. The van der Waals surface area contributed by atoms with Gasteiger partial charge in [-0.3, -0.25) is 19.2 Å². The summed E-state index contributed by atoms with van der Waals surface area (Å²) in [6.45, 7) is 1.32. The summed E-state index contributed by atoms with van der Waals surface area (Å²) in [6, 6.07) is 9.48. The number of aliphatic carboxylic acids is 1. The summed E-state index contributed by atoms with van der Waals surface area (Å²) in [5.41, 5.74) is 26.7. The molecule has 0 heterocycles. The molecular formula is C27H39N7O5. The molecule has 0 aliphatic heterocycles. The lowest BCUT2D eigenvalue weighted by Gasteiger charge is -2.19. The second-order valence-corrected chi connectivity index (χ2v) is 9.11. The number of carbonyl (C=O) groups is 4. The van der Waals surface area contributed by atoms with Crippen LogP contribution in [0.3, 0.4) is 0 Å². The molecule has 2 rings (SSSR count). The van der Waals surface area contributed by atoms with E-state index >= 15 is 0 Å². The van der Waals surface area contributed by atoms with Gasteiger partial charge in [-0.15, -0.1) is 0 Å². The fourth-order valence-corrected chi connectivity index (χ4v) is 3.96. The Morgan fingerprint density at radius 1 is 0.667 bits per heavy atom. The Morgan fingerprint density at radius 2 is 1.15 bits per heavy atom. The number of hydrogen-bond acceptors (Lipinski definition) is 8. The van der Waals surface area contributed by atoms with Crippen molar-refractivity contribution in [1.29, 1.82) is 0 Å². The van der Waals surface area contributed by atoms with E-state index < -0.39 is 23.8 Å². The molecule has 12 nitrogen and oxygen atoms in total. The van der Waals surface area contributed by atoms with E-state index in [0.29, 0.717) is 43.6 Å². The molecule has 0 unspecified atom stereocenters. The van der Waals surface area contributed by atoms with Crippen molar-refractivity contribution in [3.05, 3.63) is 69.8 Å². The fraction of sp³-hybridized carbons (Fsp3) is 0.407. The SMILES string of the molecule is NCc1cc(CN)cc(C(=O)NCCCC[C@H](NC(=O)c2cc(CN)cc(CN)c2)C(=O)NCCC(=O)O)c1. The molecular weight excluding hydrogens is 502 g/mol. The molecule has 1 atom stereocenters. The summed E-state index contributed by atoms with van der Waals surface area (Å²) in [5, 5.41) is 17.0. The van der Waals surface area contributed by atoms with Crippen molar-refractivity contribution < 1.29 is 24.3 Å². The molecule has 2 aromatic carbocycles. The van der Waals surface area contributed by atoms with Crippen molar-refractivity contribution in [3.63, 3.8) is 0 Å². The highest BCUT2D eigenvalue weighted by molar-refractivity contribution is 5.98. The number of unbranched alkanes of at least 4 members (excludes halogenated alkanes) is 1. The normalized spacial score (nSPS) is 11.5. The summed E-state index contributed by atoms with van der Waals surface area (Å²) >= 11 is 0. The minimum atomic E-state index is -1.05. The van der Waals surface area contributed by atoms with Crippen LogP contribution in [-0.4, -0.2) is 47.9 Å². The van der Waals surface area contributed by atoms with E-state index in [1.54, 1.807) is 24.3 Å². The van der Waals surface area contributed by atoms with E-state index in [-0.39, 0.29) is 38.4 Å². The van der Waals surface area contributed by atoms with Crippen LogP contribution in [-0.2, 0) is 35.8 Å². The summed E-state index contributed by atoms with van der Waals surface area (Å²) in [7, 11) is 0. The standard InChI is InChI=1S/C27H39N7O5/c28-13-17-7-18(14-29)10-21(9-17)25(37)32-5-2-1-3-23(27(39)33-6-4-24(35)36)34-26(38)22-11-19(15-30)8-20(12-22)16-31/h7-12,23H,1-6,13-16,28-31H2,(H,32,37)(H,33,39)(H,34,38)(H,35,36)/t23-/m0/s1. The van der Waals surface area contributed by atoms with E-state index in [2.05, 4.69) is 16.0 Å². The maximum Gasteiger partial charge on any atom is 0.305 e. The first-order valence-electron chi connectivity index (χ1n) is 12.8. The molecule has 0 fully saturated rings. The average Bonchev–Trinajstić information content (AvgIpc) is 2.94. The number of hydrogen-bond donors (Lipinski definition) is 8. The van der Waals surface area contributed by atoms with Gasteiger partial charge in [0, 0.05) is 50.4 Å². The molecule has 0 radical (unpaired) electrons. The van der Waals surface area contributed by atoms with Gasteiger partial charge in [-0.05, 0) is 65.8 Å². The van der Waals surface area contributed by atoms with Gasteiger partial charge in [0.25, 0.3) is 11.8 Å². The number of benzene rings is 2. The Bertz CT molecular complexity index is 1110. The molecule has 0 aliphatic carbocycles. The second kappa shape index (κ2) is 16.2. The molecule has 3 amide bonds. The number of carboxylic acid groups (broad SMARTS) is 1. The minimum absolute atomic E-state index is 0.0662. The first kappa shape index (κ1) is 31.4. The van der Waals surface area contributed by atoms with Crippen LogP contribution in [0.1, 0.15) is 68.7 Å². The molecule has 0 bridgehead atoms. The number of nitrogens with two attached hydrogens (primary N) is 4. The van der Waals surface area contributed by atoms with Gasteiger partial charge >= 0.3 is 5.97 Å². The average molecular weight is 542 g/mol. The number of rotatable bonds is 16. The van der Waals surface area contributed by atoms with E-state index in [1.807, 2.05) is 12.1 Å². The van der Waals surface area contributed by atoms with Gasteiger partial charge in [-0.2, -0.15) is 0 Å². The quantitative estimate of drug-likeness (QED) is 0.131. The lowest BCUT2D eigenvalue weighted by molar-refractivity contribution is -0.137. The summed E-state index contributed by atoms with van der Waals surface area (Å²) in [5.74, 6) is -2.26. The lowest BCUT2D eigenvalue weighted by atomic mass is 10.0. The van der Waals surface area contributed by atoms with Crippen LogP contribution in [0.15, 0.2) is 36.4 Å². The Kier molecular flexibility index (Phi) is 13.0. The molecule has 39 heavy (non-hydrogen) atoms. The minimum Gasteiger partial charge on any atom is -0.481 e. The van der Waals surface area contributed by atoms with Gasteiger partial charge in [-0.1, -0.05) is 12.1 Å². The summed E-state index contributed by atoms with van der Waals surface area (Å²) in [4.78, 5) is 49.1. The highest BCUT2D eigenvalue weighted by atomic mass is 16.4. The van der Waals surface area contributed by atoms with E-state index in [0.717, 1.165) is 22.3 Å². The van der Waals surface area contributed by atoms with E-state index in [1.165, 1.54) is 0 Å². The van der Waals surface area contributed by atoms with Gasteiger partial charge in [0.15, 0.2) is 0 Å². The summed E-state index contributed by atoms with van der Waals surface area (Å²) in [6.07, 6.45) is 1.08. The van der Waals surface area contributed by atoms with Crippen molar-refractivity contribution in [3.8, 4) is 0 Å². The van der Waals surface area contributed by atoms with E-state index in [4.69, 9.17) is 28.0 Å². The summed E-state index contributed by atoms with van der Waals surface area (Å²) < 4.78 is 0. The highest BCUT2D eigenvalue weighted by Gasteiger charge is 2.22. The largest absolute Gasteiger partial charge is 0.481 e. The molecule has 212 valence electrons. The van der Waals surface area contributed by atoms with Crippen molar-refractivity contribution in [2.24, 2.45) is 22.9 Å². The van der Waals surface area contributed by atoms with Crippen LogP contribution in [0, 0.1) is 0 Å². The predicted octanol–water partition coefficient (Wildman–Crippen LogP) is -0.189. The first-order valence-corrected chi connectivity index (χ1v) is 12.8. The Labute approximate surface area is 227 Å². The van der Waals surface area contributed by atoms with Crippen molar-refractivity contribution in [1.82, 2.24) is 16.0 Å². The van der Waals surface area contributed by atoms with Crippen LogP contribution in [0.2, 0.25) is 0 Å². The zero-order chi connectivity index (χ0) is 28.8. The molecule has 0 saturated heterocycles. The molecule has 0 aromatic heterocycles. The highest BCUT2D eigenvalue weighted by Crippen LogP contribution is 2.12. The molecule has 0 aliphatic rings. The molecule has 0 saturated carbocycles. The number of carbonyl (C=O) groups excluding carboxylic acids is 3. The Morgan fingerprint density at radius 3 is 1.62 bits per heavy atom. The van der Waals surface area contributed by atoms with E-state index in [9.17, 15) is 19.2 Å². The number of amides is 3. The topological polar surface area (TPSA) is 229 Å². The maximum absolute atomic E-state index is 13.0. The van der Waals surface area contributed by atoms with Crippen LogP contribution >= 0.6 is 0 Å². The molecule has 12 heteroatoms. The van der Waals surface area contributed by atoms with Crippen molar-refractivity contribution in [2.45, 2.75) is 57.9 Å². The fourth-order valence-electron chi connectivity index (χ4n) is 3.96. The number of carboxylic acids is 1. The van der Waals surface area contributed by atoms with Crippen LogP contribution in [0.4, 0.5) is 0 Å². The third-order valence-electron chi connectivity index (χ3n) is 6.04. The Hall–Kier alpha value is -3.84. The predicted molar refractivity (Wildman–Crippen MR) is 147 cm³/mol. The van der Waals surface area contributed by atoms with Crippen molar-refractivity contribution >= 4 is 23.7 Å². The van der Waals surface area contributed by atoms with Crippen LogP contribution in [0.5, 0.6) is 0 Å². The number of nitrogens with one attached hydrogen (secondary N) is 3. The zero-order valence-corrected chi connectivity index (χ0v) is 22.0. The Balaban J connectivity index is 1.99. The van der Waals surface area contributed by atoms with Gasteiger partial charge in [-0.25, -0.2) is 0 Å². The molecule has 0 spiro atoms.